The van der Waals surface area contributed by atoms with Gasteiger partial charge < -0.3 is 15.5 Å². The highest BCUT2D eigenvalue weighted by Gasteiger charge is 2.30. The number of likely N-dealkylation sites (N-methyl/N-ethyl adjacent to an activating group) is 1. The average Bonchev–Trinajstić information content (AvgIpc) is 2.81. The second-order valence-electron chi connectivity index (χ2n) is 6.45. The van der Waals surface area contributed by atoms with Crippen molar-refractivity contribution in [3.63, 3.8) is 0 Å². The van der Waals surface area contributed by atoms with Crippen molar-refractivity contribution in [3.8, 4) is 0 Å². The molecule has 0 aliphatic carbocycles. The van der Waals surface area contributed by atoms with E-state index in [0.29, 0.717) is 29.5 Å². The molecule has 1 saturated heterocycles. The topological polar surface area (TPSA) is 61.4 Å². The van der Waals surface area contributed by atoms with Crippen LogP contribution in [0.25, 0.3) is 0 Å². The summed E-state index contributed by atoms with van der Waals surface area (Å²) in [6, 6.07) is 5.10. The molecular weight excluding hydrogens is 314 g/mol. The zero-order valence-electron chi connectivity index (χ0n) is 14.0. The Labute approximate surface area is 142 Å². The second kappa shape index (κ2) is 7.21. The lowest BCUT2D eigenvalue weighted by Crippen LogP contribution is -2.40. The van der Waals surface area contributed by atoms with Gasteiger partial charge in [-0.3, -0.25) is 9.59 Å². The number of carbonyl (C=O) groups excluding carboxylic acids is 2. The van der Waals surface area contributed by atoms with Gasteiger partial charge in [0.15, 0.2) is 0 Å². The molecule has 0 spiro atoms. The Kier molecular flexibility index (Phi) is 5.52. The fourth-order valence-corrected chi connectivity index (χ4v) is 2.61. The predicted molar refractivity (Wildman–Crippen MR) is 92.9 cm³/mol. The van der Waals surface area contributed by atoms with E-state index in [4.69, 9.17) is 11.6 Å². The van der Waals surface area contributed by atoms with E-state index in [1.165, 1.54) is 0 Å². The van der Waals surface area contributed by atoms with Crippen LogP contribution in [-0.2, 0) is 4.79 Å². The van der Waals surface area contributed by atoms with Crippen LogP contribution in [-0.4, -0.2) is 42.4 Å². The summed E-state index contributed by atoms with van der Waals surface area (Å²) in [6.07, 6.45) is 0.626. The van der Waals surface area contributed by atoms with E-state index in [0.717, 1.165) is 5.69 Å². The number of nitrogens with zero attached hydrogens (tertiary/aromatic N) is 1. The summed E-state index contributed by atoms with van der Waals surface area (Å²) >= 11 is 6.16. The summed E-state index contributed by atoms with van der Waals surface area (Å²) in [5, 5.41) is 6.52. The van der Waals surface area contributed by atoms with Crippen LogP contribution in [0.2, 0.25) is 5.02 Å². The first-order valence-corrected chi connectivity index (χ1v) is 8.29. The molecule has 1 aliphatic rings. The van der Waals surface area contributed by atoms with Gasteiger partial charge in [-0.25, -0.2) is 0 Å². The van der Waals surface area contributed by atoms with Gasteiger partial charge >= 0.3 is 0 Å². The maximum Gasteiger partial charge on any atom is 0.253 e. The van der Waals surface area contributed by atoms with Crippen LogP contribution in [0.5, 0.6) is 0 Å². The monoisotopic (exact) mass is 337 g/mol. The summed E-state index contributed by atoms with van der Waals surface area (Å²) in [4.78, 5) is 26.0. The molecule has 2 rings (SSSR count). The van der Waals surface area contributed by atoms with Crippen LogP contribution >= 0.6 is 11.6 Å². The quantitative estimate of drug-likeness (QED) is 0.868. The van der Waals surface area contributed by atoms with Crippen molar-refractivity contribution in [2.45, 2.75) is 39.3 Å². The van der Waals surface area contributed by atoms with Crippen LogP contribution < -0.4 is 10.6 Å². The molecule has 0 radical (unpaired) electrons. The molecule has 1 fully saturated rings. The lowest BCUT2D eigenvalue weighted by atomic mass is 10.1. The number of carbonyl (C=O) groups is 2. The third-order valence-corrected chi connectivity index (χ3v) is 4.67. The van der Waals surface area contributed by atoms with Crippen LogP contribution in [0.3, 0.4) is 0 Å². The van der Waals surface area contributed by atoms with Crippen LogP contribution in [0.4, 0.5) is 5.69 Å². The number of anilines is 1. The Morgan fingerprint density at radius 1 is 1.35 bits per heavy atom. The van der Waals surface area contributed by atoms with E-state index in [1.54, 1.807) is 24.1 Å². The first kappa shape index (κ1) is 17.6. The summed E-state index contributed by atoms with van der Waals surface area (Å²) in [5.74, 6) is 0.0938. The highest BCUT2D eigenvalue weighted by atomic mass is 35.5. The molecule has 0 bridgehead atoms. The average molecular weight is 338 g/mol. The van der Waals surface area contributed by atoms with Gasteiger partial charge in [0.05, 0.1) is 10.6 Å². The largest absolute Gasteiger partial charge is 0.382 e. The third kappa shape index (κ3) is 4.16. The van der Waals surface area contributed by atoms with Gasteiger partial charge in [0.2, 0.25) is 5.91 Å². The molecule has 2 amide bonds. The third-order valence-electron chi connectivity index (χ3n) is 4.34. The summed E-state index contributed by atoms with van der Waals surface area (Å²) in [7, 11) is 1.74. The van der Waals surface area contributed by atoms with Gasteiger partial charge in [-0.1, -0.05) is 25.4 Å². The van der Waals surface area contributed by atoms with Crippen molar-refractivity contribution >= 4 is 29.1 Å². The van der Waals surface area contributed by atoms with Gasteiger partial charge in [0.1, 0.15) is 6.04 Å². The number of hydrogen-bond acceptors (Lipinski definition) is 3. The van der Waals surface area contributed by atoms with E-state index in [9.17, 15) is 9.59 Å². The van der Waals surface area contributed by atoms with Crippen molar-refractivity contribution in [2.24, 2.45) is 5.92 Å². The molecule has 2 N–H and O–H groups in total. The van der Waals surface area contributed by atoms with Gasteiger partial charge in [-0.2, -0.15) is 0 Å². The van der Waals surface area contributed by atoms with Crippen molar-refractivity contribution in [1.82, 2.24) is 10.2 Å². The van der Waals surface area contributed by atoms with Crippen molar-refractivity contribution in [1.29, 1.82) is 0 Å². The lowest BCUT2D eigenvalue weighted by Gasteiger charge is -2.20. The number of nitrogens with one attached hydrogen (secondary N) is 2. The summed E-state index contributed by atoms with van der Waals surface area (Å²) in [6.45, 7) is 7.00. The van der Waals surface area contributed by atoms with Gasteiger partial charge in [0, 0.05) is 25.3 Å². The van der Waals surface area contributed by atoms with Crippen molar-refractivity contribution < 1.29 is 9.59 Å². The molecule has 126 valence electrons. The number of halogens is 1. The Balaban J connectivity index is 2.12. The summed E-state index contributed by atoms with van der Waals surface area (Å²) in [5.41, 5.74) is 1.23. The van der Waals surface area contributed by atoms with Crippen LogP contribution in [0, 0.1) is 5.92 Å². The lowest BCUT2D eigenvalue weighted by molar-refractivity contribution is -0.128. The fourth-order valence-electron chi connectivity index (χ4n) is 2.41. The maximum absolute atomic E-state index is 12.5. The molecule has 0 saturated carbocycles. The molecule has 5 nitrogen and oxygen atoms in total. The molecular formula is C17H24ClN3O2. The first-order chi connectivity index (χ1) is 10.8. The number of rotatable bonds is 5. The predicted octanol–water partition coefficient (Wildman–Crippen LogP) is 2.76. The van der Waals surface area contributed by atoms with E-state index < -0.39 is 6.04 Å². The Hall–Kier alpha value is -1.75. The zero-order chi connectivity index (χ0) is 17.1. The van der Waals surface area contributed by atoms with Crippen LogP contribution in [0.15, 0.2) is 18.2 Å². The van der Waals surface area contributed by atoms with E-state index >= 15 is 0 Å². The first-order valence-electron chi connectivity index (χ1n) is 7.91. The molecule has 1 aromatic rings. The van der Waals surface area contributed by atoms with E-state index in [-0.39, 0.29) is 17.9 Å². The SMILES string of the molecule is CC(C)[C@H](C)Nc1ccc(Cl)c(C(=O)N[C@H]2CCN(C)C2=O)c1. The van der Waals surface area contributed by atoms with Crippen LogP contribution in [0.1, 0.15) is 37.6 Å². The minimum Gasteiger partial charge on any atom is -0.382 e. The second-order valence-corrected chi connectivity index (χ2v) is 6.85. The molecule has 1 heterocycles. The molecule has 23 heavy (non-hydrogen) atoms. The normalized spacial score (nSPS) is 19.1. The molecule has 1 aromatic carbocycles. The fraction of sp³-hybridized carbons (Fsp3) is 0.529. The Morgan fingerprint density at radius 2 is 2.04 bits per heavy atom. The minimum absolute atomic E-state index is 0.0582. The molecule has 1 aliphatic heterocycles. The van der Waals surface area contributed by atoms with Gasteiger partial charge in [-0.05, 0) is 37.5 Å². The molecule has 2 atom stereocenters. The zero-order valence-corrected chi connectivity index (χ0v) is 14.8. The highest BCUT2D eigenvalue weighted by Crippen LogP contribution is 2.22. The smallest absolute Gasteiger partial charge is 0.253 e. The van der Waals surface area contributed by atoms with E-state index in [1.807, 2.05) is 6.07 Å². The van der Waals surface area contributed by atoms with Gasteiger partial charge in [-0.15, -0.1) is 0 Å². The standard InChI is InChI=1S/C17H24ClN3O2/c1-10(2)11(3)19-12-5-6-14(18)13(9-12)16(22)20-15-7-8-21(4)17(15)23/h5-6,9-11,15,19H,7-8H2,1-4H3,(H,20,22)/t11-,15-/m0/s1. The van der Waals surface area contributed by atoms with Crippen molar-refractivity contribution in [2.75, 3.05) is 18.9 Å². The molecule has 6 heteroatoms. The number of benzene rings is 1. The number of hydrogen-bond donors (Lipinski definition) is 2. The maximum atomic E-state index is 12.5. The number of amides is 2. The Morgan fingerprint density at radius 3 is 2.61 bits per heavy atom. The molecule has 0 unspecified atom stereocenters. The Bertz CT molecular complexity index is 604. The highest BCUT2D eigenvalue weighted by molar-refractivity contribution is 6.34. The number of likely N-dealkylation sites (tertiary alicyclic amines) is 1. The van der Waals surface area contributed by atoms with Crippen molar-refractivity contribution in [3.05, 3.63) is 28.8 Å². The minimum atomic E-state index is -0.463. The van der Waals surface area contributed by atoms with Gasteiger partial charge in [0.25, 0.3) is 5.91 Å². The van der Waals surface area contributed by atoms with E-state index in [2.05, 4.69) is 31.4 Å². The molecule has 0 aromatic heterocycles. The summed E-state index contributed by atoms with van der Waals surface area (Å²) < 4.78 is 0.